The highest BCUT2D eigenvalue weighted by Gasteiger charge is 2.44. The Bertz CT molecular complexity index is 437. The van der Waals surface area contributed by atoms with Crippen molar-refractivity contribution >= 4 is 21.2 Å². The predicted molar refractivity (Wildman–Crippen MR) is 52.7 cm³/mol. The second kappa shape index (κ2) is 4.29. The maximum atomic E-state index is 10.9. The number of hydrogen-bond donors (Lipinski definition) is 5. The first-order chi connectivity index (χ1) is 7.10. The van der Waals surface area contributed by atoms with E-state index in [1.165, 1.54) is 13.1 Å². The van der Waals surface area contributed by atoms with E-state index in [0.717, 1.165) is 0 Å². The second-order valence-electron chi connectivity index (χ2n) is 2.97. The number of nitrogens with one attached hydrogen (secondary N) is 1. The molecule has 0 fully saturated rings. The summed E-state index contributed by atoms with van der Waals surface area (Å²) in [4.78, 5) is 38.6. The Kier molecular flexibility index (Phi) is 3.59. The van der Waals surface area contributed by atoms with E-state index in [2.05, 4.69) is 4.98 Å². The largest absolute Gasteiger partial charge is 0.429 e. The van der Waals surface area contributed by atoms with Crippen LogP contribution in [0.3, 0.4) is 0 Å². The molecule has 0 atom stereocenters. The normalized spacial score (nSPS) is 13.1. The number of hydrogen-bond acceptors (Lipinski definition) is 5. The number of anilines is 1. The molecule has 1 aromatic heterocycles. The third-order valence-corrected chi connectivity index (χ3v) is 4.85. The Balaban J connectivity index is 2.97. The van der Waals surface area contributed by atoms with Crippen LogP contribution in [-0.4, -0.2) is 30.1 Å². The summed E-state index contributed by atoms with van der Waals surface area (Å²) >= 11 is 0. The average molecular weight is 272 g/mol. The first-order valence-corrected chi connectivity index (χ1v) is 7.26. The predicted octanol–water partition coefficient (Wildman–Crippen LogP) is 0.0339. The smallest absolute Gasteiger partial charge is 0.360 e. The van der Waals surface area contributed by atoms with Gasteiger partial charge >= 0.3 is 15.2 Å². The second-order valence-corrected chi connectivity index (χ2v) is 6.77. The molecule has 0 amide bonds. The van der Waals surface area contributed by atoms with Crippen LogP contribution in [0, 0.1) is 6.92 Å². The molecule has 0 unspecified atom stereocenters. The van der Waals surface area contributed by atoms with Crippen molar-refractivity contribution < 1.29 is 33.1 Å². The fourth-order valence-corrected chi connectivity index (χ4v) is 3.02. The molecule has 9 nitrogen and oxygen atoms in total. The van der Waals surface area contributed by atoms with Crippen LogP contribution in [0.1, 0.15) is 5.76 Å². The molecule has 1 aromatic rings. The average Bonchev–Trinajstić information content (AvgIpc) is 2.43. The standard InChI is InChI=1S/C5H10N2O7P2/c1-3-2-6-4(14-3)7-5(15(8,9)10)16(11,12)13/h2,5H,1H3,(H,6,7)(H2,8,9,10)(H2,11,12,13). The van der Waals surface area contributed by atoms with Crippen LogP contribution in [0.15, 0.2) is 10.6 Å². The highest BCUT2D eigenvalue weighted by atomic mass is 31.2. The van der Waals surface area contributed by atoms with E-state index in [1.54, 1.807) is 0 Å². The lowest BCUT2D eigenvalue weighted by molar-refractivity contribution is 0.342. The molecule has 16 heavy (non-hydrogen) atoms. The van der Waals surface area contributed by atoms with Gasteiger partial charge in [-0.15, -0.1) is 0 Å². The Labute approximate surface area is 89.8 Å². The van der Waals surface area contributed by atoms with E-state index in [1.807, 2.05) is 5.32 Å². The fraction of sp³-hybridized carbons (Fsp3) is 0.400. The first-order valence-electron chi connectivity index (χ1n) is 3.90. The third-order valence-electron chi connectivity index (χ3n) is 1.51. The molecular formula is C5H10N2O7P2. The lowest BCUT2D eigenvalue weighted by Crippen LogP contribution is -2.20. The van der Waals surface area contributed by atoms with Gasteiger partial charge in [0.1, 0.15) is 5.76 Å². The minimum Gasteiger partial charge on any atom is -0.429 e. The lowest BCUT2D eigenvalue weighted by Gasteiger charge is -2.19. The van der Waals surface area contributed by atoms with E-state index >= 15 is 0 Å². The van der Waals surface area contributed by atoms with Crippen LogP contribution in [-0.2, 0) is 9.13 Å². The lowest BCUT2D eigenvalue weighted by atomic mass is 10.6. The molecule has 92 valence electrons. The minimum absolute atomic E-state index is 0.331. The van der Waals surface area contributed by atoms with Gasteiger partial charge < -0.3 is 29.3 Å². The summed E-state index contributed by atoms with van der Waals surface area (Å²) in [5.41, 5.74) is -2.36. The van der Waals surface area contributed by atoms with Crippen LogP contribution >= 0.6 is 15.2 Å². The molecule has 0 saturated heterocycles. The molecule has 1 rings (SSSR count). The van der Waals surface area contributed by atoms with Gasteiger partial charge in [-0.3, -0.25) is 9.13 Å². The van der Waals surface area contributed by atoms with Gasteiger partial charge in [-0.05, 0) is 6.92 Å². The Morgan fingerprint density at radius 2 is 1.81 bits per heavy atom. The van der Waals surface area contributed by atoms with Crippen molar-refractivity contribution in [2.24, 2.45) is 0 Å². The third kappa shape index (κ3) is 3.41. The van der Waals surface area contributed by atoms with Crippen molar-refractivity contribution in [1.29, 1.82) is 0 Å². The van der Waals surface area contributed by atoms with Gasteiger partial charge in [-0.1, -0.05) is 0 Å². The molecule has 11 heteroatoms. The molecular weight excluding hydrogens is 262 g/mol. The zero-order valence-corrected chi connectivity index (χ0v) is 9.80. The van der Waals surface area contributed by atoms with Crippen molar-refractivity contribution in [3.63, 3.8) is 0 Å². The van der Waals surface area contributed by atoms with Crippen molar-refractivity contribution in [2.75, 3.05) is 5.32 Å². The van der Waals surface area contributed by atoms with E-state index in [0.29, 0.717) is 5.76 Å². The maximum absolute atomic E-state index is 10.9. The number of rotatable bonds is 4. The molecule has 0 bridgehead atoms. The molecule has 5 N–H and O–H groups in total. The monoisotopic (exact) mass is 272 g/mol. The van der Waals surface area contributed by atoms with Crippen LogP contribution in [0.25, 0.3) is 0 Å². The van der Waals surface area contributed by atoms with Gasteiger partial charge in [-0.25, -0.2) is 4.98 Å². The molecule has 0 aromatic carbocycles. The first kappa shape index (κ1) is 13.4. The summed E-state index contributed by atoms with van der Waals surface area (Å²) in [6, 6.07) is -0.367. The summed E-state index contributed by atoms with van der Waals surface area (Å²) in [7, 11) is -10.1. The van der Waals surface area contributed by atoms with E-state index in [4.69, 9.17) is 24.0 Å². The fourth-order valence-electron chi connectivity index (χ4n) is 0.896. The molecule has 0 aliphatic heterocycles. The van der Waals surface area contributed by atoms with Gasteiger partial charge in [0.25, 0.3) is 6.01 Å². The van der Waals surface area contributed by atoms with Crippen molar-refractivity contribution in [3.8, 4) is 0 Å². The summed E-state index contributed by atoms with van der Waals surface area (Å²) in [5, 5.41) is 1.88. The summed E-state index contributed by atoms with van der Waals surface area (Å²) in [6.07, 6.45) is 1.23. The van der Waals surface area contributed by atoms with Crippen LogP contribution in [0.2, 0.25) is 0 Å². The van der Waals surface area contributed by atoms with Crippen LogP contribution in [0.4, 0.5) is 6.01 Å². The minimum atomic E-state index is -5.03. The Morgan fingerprint density at radius 1 is 1.31 bits per heavy atom. The van der Waals surface area contributed by atoms with Crippen LogP contribution in [0.5, 0.6) is 0 Å². The van der Waals surface area contributed by atoms with Crippen molar-refractivity contribution in [1.82, 2.24) is 4.98 Å². The van der Waals surface area contributed by atoms with E-state index in [-0.39, 0.29) is 6.01 Å². The zero-order valence-electron chi connectivity index (χ0n) is 8.01. The summed E-state index contributed by atoms with van der Waals surface area (Å²) in [5.74, 6) is 0.331. The number of oxazole rings is 1. The van der Waals surface area contributed by atoms with Gasteiger partial charge in [0.05, 0.1) is 6.20 Å². The van der Waals surface area contributed by atoms with Gasteiger partial charge in [0.2, 0.25) is 5.52 Å². The molecule has 1 heterocycles. The Hall–Kier alpha value is -0.690. The highest BCUT2D eigenvalue weighted by molar-refractivity contribution is 7.71. The molecule has 0 aliphatic carbocycles. The van der Waals surface area contributed by atoms with Crippen molar-refractivity contribution in [3.05, 3.63) is 12.0 Å². The van der Waals surface area contributed by atoms with Gasteiger partial charge in [0.15, 0.2) is 0 Å². The van der Waals surface area contributed by atoms with Crippen LogP contribution < -0.4 is 5.32 Å². The molecule has 0 aliphatic rings. The molecule has 0 radical (unpaired) electrons. The quantitative estimate of drug-likeness (QED) is 0.477. The SMILES string of the molecule is Cc1cnc(NC(P(=O)(O)O)P(=O)(O)O)o1. The Morgan fingerprint density at radius 3 is 2.12 bits per heavy atom. The number of nitrogens with zero attached hydrogens (tertiary/aromatic N) is 1. The molecule has 0 spiro atoms. The van der Waals surface area contributed by atoms with E-state index < -0.39 is 20.7 Å². The topological polar surface area (TPSA) is 153 Å². The van der Waals surface area contributed by atoms with Gasteiger partial charge in [0, 0.05) is 0 Å². The zero-order chi connectivity index (χ0) is 12.6. The number of aryl methyl sites for hydroxylation is 1. The van der Waals surface area contributed by atoms with E-state index in [9.17, 15) is 9.13 Å². The number of aromatic nitrogens is 1. The van der Waals surface area contributed by atoms with Crippen molar-refractivity contribution in [2.45, 2.75) is 12.4 Å². The maximum Gasteiger partial charge on any atom is 0.360 e. The molecule has 0 saturated carbocycles. The van der Waals surface area contributed by atoms with Gasteiger partial charge in [-0.2, -0.15) is 0 Å². The summed E-state index contributed by atoms with van der Waals surface area (Å²) in [6.45, 7) is 1.52. The highest BCUT2D eigenvalue weighted by Crippen LogP contribution is 2.59. The summed E-state index contributed by atoms with van der Waals surface area (Å²) < 4.78 is 26.5.